The Bertz CT molecular complexity index is 959. The van der Waals surface area contributed by atoms with E-state index in [1.54, 1.807) is 0 Å². The molecule has 1 nitrogen and oxygen atoms in total. The summed E-state index contributed by atoms with van der Waals surface area (Å²) in [6, 6.07) is 17.7. The molecule has 0 N–H and O–H groups in total. The van der Waals surface area contributed by atoms with Gasteiger partial charge in [0.05, 0.1) is 0 Å². The number of halogens is 3. The van der Waals surface area contributed by atoms with Gasteiger partial charge in [0, 0.05) is 5.56 Å². The lowest BCUT2D eigenvalue weighted by atomic mass is 9.92. The molecule has 3 aromatic carbocycles. The Morgan fingerprint density at radius 1 is 0.704 bits per heavy atom. The molecule has 0 aliphatic heterocycles. The maximum atomic E-state index is 12.5. The fourth-order valence-corrected chi connectivity index (χ4v) is 3.44. The van der Waals surface area contributed by atoms with E-state index in [4.69, 9.17) is 0 Å². The fourth-order valence-electron chi connectivity index (χ4n) is 3.44. The predicted octanol–water partition coefficient (Wildman–Crippen LogP) is 6.69. The third kappa shape index (κ3) is 3.95. The van der Waals surface area contributed by atoms with Crippen LogP contribution in [0.15, 0.2) is 60.7 Å². The lowest BCUT2D eigenvalue weighted by molar-refractivity contribution is -0.0885. The molecule has 0 spiro atoms. The Balaban J connectivity index is 1.89. The Labute approximate surface area is 156 Å². The summed E-state index contributed by atoms with van der Waals surface area (Å²) in [6.07, 6.45) is -4.85. The molecule has 0 fully saturated rings. The number of ketones is 1. The van der Waals surface area contributed by atoms with Crippen LogP contribution in [0, 0.1) is 20.8 Å². The van der Waals surface area contributed by atoms with Gasteiger partial charge in [-0.15, -0.1) is 0 Å². The van der Waals surface area contributed by atoms with Crippen LogP contribution in [0.3, 0.4) is 0 Å². The summed E-state index contributed by atoms with van der Waals surface area (Å²) in [5, 5.41) is 0. The molecule has 4 heteroatoms. The first-order valence-corrected chi connectivity index (χ1v) is 8.57. The SMILES string of the molecule is Cc1cc(C)c(-c2ccc(-c3ccc(C(=O)C(F)(F)F)cc3)cc2)c(C)c1. The molecule has 0 aliphatic carbocycles. The first-order valence-electron chi connectivity index (χ1n) is 8.57. The van der Waals surface area contributed by atoms with Crippen LogP contribution in [0.25, 0.3) is 22.3 Å². The lowest BCUT2D eigenvalue weighted by Gasteiger charge is -2.12. The predicted molar refractivity (Wildman–Crippen MR) is 102 cm³/mol. The second-order valence-corrected chi connectivity index (χ2v) is 6.76. The summed E-state index contributed by atoms with van der Waals surface area (Å²) in [4.78, 5) is 11.3. The van der Waals surface area contributed by atoms with Gasteiger partial charge in [-0.25, -0.2) is 0 Å². The van der Waals surface area contributed by atoms with Crippen molar-refractivity contribution < 1.29 is 18.0 Å². The van der Waals surface area contributed by atoms with Crippen molar-refractivity contribution >= 4 is 5.78 Å². The van der Waals surface area contributed by atoms with E-state index >= 15 is 0 Å². The highest BCUT2D eigenvalue weighted by molar-refractivity contribution is 6.00. The highest BCUT2D eigenvalue weighted by atomic mass is 19.4. The minimum Gasteiger partial charge on any atom is -0.284 e. The van der Waals surface area contributed by atoms with Crippen LogP contribution in [0.2, 0.25) is 0 Å². The summed E-state index contributed by atoms with van der Waals surface area (Å²) in [5.41, 5.74) is 7.21. The van der Waals surface area contributed by atoms with E-state index in [0.717, 1.165) is 16.7 Å². The average molecular weight is 368 g/mol. The fraction of sp³-hybridized carbons (Fsp3) is 0.174. The van der Waals surface area contributed by atoms with Gasteiger partial charge < -0.3 is 0 Å². The number of aryl methyl sites for hydroxylation is 3. The first-order chi connectivity index (χ1) is 12.7. The number of rotatable bonds is 3. The quantitative estimate of drug-likeness (QED) is 0.471. The molecule has 138 valence electrons. The summed E-state index contributed by atoms with van der Waals surface area (Å²) < 4.78 is 37.5. The zero-order valence-electron chi connectivity index (χ0n) is 15.3. The molecule has 0 unspecified atom stereocenters. The Morgan fingerprint density at radius 2 is 1.11 bits per heavy atom. The van der Waals surface area contributed by atoms with Crippen molar-refractivity contribution in [3.63, 3.8) is 0 Å². The highest BCUT2D eigenvalue weighted by Crippen LogP contribution is 2.31. The van der Waals surface area contributed by atoms with Gasteiger partial charge in [0.2, 0.25) is 0 Å². The van der Waals surface area contributed by atoms with Gasteiger partial charge in [0.1, 0.15) is 0 Å². The molecule has 0 amide bonds. The minimum absolute atomic E-state index is 0.353. The van der Waals surface area contributed by atoms with Crippen LogP contribution in [0.4, 0.5) is 13.2 Å². The Hall–Kier alpha value is -2.88. The molecule has 27 heavy (non-hydrogen) atoms. The van der Waals surface area contributed by atoms with Gasteiger partial charge in [-0.3, -0.25) is 4.79 Å². The number of hydrogen-bond donors (Lipinski definition) is 0. The minimum atomic E-state index is -4.85. The van der Waals surface area contributed by atoms with Crippen molar-refractivity contribution in [1.29, 1.82) is 0 Å². The zero-order chi connectivity index (χ0) is 19.8. The zero-order valence-corrected chi connectivity index (χ0v) is 15.3. The summed E-state index contributed by atoms with van der Waals surface area (Å²) in [5.74, 6) is -1.82. The second kappa shape index (κ2) is 7.03. The molecule has 0 aromatic heterocycles. The molecule has 0 bridgehead atoms. The van der Waals surface area contributed by atoms with Crippen molar-refractivity contribution in [2.24, 2.45) is 0 Å². The van der Waals surface area contributed by atoms with Crippen LogP contribution in [0.5, 0.6) is 0 Å². The van der Waals surface area contributed by atoms with Crippen LogP contribution in [0.1, 0.15) is 27.0 Å². The topological polar surface area (TPSA) is 17.1 Å². The second-order valence-electron chi connectivity index (χ2n) is 6.76. The van der Waals surface area contributed by atoms with E-state index in [-0.39, 0.29) is 5.56 Å². The summed E-state index contributed by atoms with van der Waals surface area (Å²) in [6.45, 7) is 6.24. The summed E-state index contributed by atoms with van der Waals surface area (Å²) >= 11 is 0. The van der Waals surface area contributed by atoms with Crippen molar-refractivity contribution in [2.75, 3.05) is 0 Å². The number of carbonyl (C=O) groups is 1. The molecular weight excluding hydrogens is 349 g/mol. The number of carbonyl (C=O) groups excluding carboxylic acids is 1. The van der Waals surface area contributed by atoms with Gasteiger partial charge in [-0.1, -0.05) is 66.2 Å². The highest BCUT2D eigenvalue weighted by Gasteiger charge is 2.39. The average Bonchev–Trinajstić information content (AvgIpc) is 2.60. The number of Topliss-reactive ketones (excluding diaryl/α,β-unsaturated/α-hetero) is 1. The van der Waals surface area contributed by atoms with Crippen molar-refractivity contribution in [3.8, 4) is 22.3 Å². The molecule has 0 saturated heterocycles. The van der Waals surface area contributed by atoms with E-state index in [1.165, 1.54) is 46.5 Å². The van der Waals surface area contributed by atoms with Crippen molar-refractivity contribution in [2.45, 2.75) is 26.9 Å². The third-order valence-corrected chi connectivity index (χ3v) is 4.59. The van der Waals surface area contributed by atoms with E-state index in [1.807, 2.05) is 24.3 Å². The Kier molecular flexibility index (Phi) is 4.92. The van der Waals surface area contributed by atoms with Crippen LogP contribution in [-0.2, 0) is 0 Å². The van der Waals surface area contributed by atoms with E-state index < -0.39 is 12.0 Å². The summed E-state index contributed by atoms with van der Waals surface area (Å²) in [7, 11) is 0. The maximum Gasteiger partial charge on any atom is 0.454 e. The molecule has 0 atom stereocenters. The van der Waals surface area contributed by atoms with Crippen LogP contribution in [-0.4, -0.2) is 12.0 Å². The van der Waals surface area contributed by atoms with E-state index in [9.17, 15) is 18.0 Å². The number of alkyl halides is 3. The normalized spacial score (nSPS) is 11.5. The van der Waals surface area contributed by atoms with Gasteiger partial charge in [0.25, 0.3) is 5.78 Å². The van der Waals surface area contributed by atoms with E-state index in [2.05, 4.69) is 32.9 Å². The van der Waals surface area contributed by atoms with Gasteiger partial charge >= 0.3 is 6.18 Å². The van der Waals surface area contributed by atoms with Crippen LogP contribution >= 0.6 is 0 Å². The van der Waals surface area contributed by atoms with Crippen molar-refractivity contribution in [3.05, 3.63) is 82.9 Å². The molecule has 3 aromatic rings. The van der Waals surface area contributed by atoms with Crippen LogP contribution < -0.4 is 0 Å². The standard InChI is InChI=1S/C23H19F3O/c1-14-12-15(2)21(16(3)13-14)19-8-4-17(5-9-19)18-6-10-20(11-7-18)22(27)23(24,25)26/h4-13H,1-3H3. The van der Waals surface area contributed by atoms with Gasteiger partial charge in [0.15, 0.2) is 0 Å². The Morgan fingerprint density at radius 3 is 1.56 bits per heavy atom. The molecule has 0 saturated carbocycles. The van der Waals surface area contributed by atoms with Gasteiger partial charge in [-0.2, -0.15) is 13.2 Å². The first kappa shape index (κ1) is 18.9. The van der Waals surface area contributed by atoms with Gasteiger partial charge in [-0.05, 0) is 54.2 Å². The largest absolute Gasteiger partial charge is 0.454 e. The number of hydrogen-bond acceptors (Lipinski definition) is 1. The molecule has 0 aliphatic rings. The van der Waals surface area contributed by atoms with Crippen molar-refractivity contribution in [1.82, 2.24) is 0 Å². The maximum absolute atomic E-state index is 12.5. The smallest absolute Gasteiger partial charge is 0.284 e. The van der Waals surface area contributed by atoms with E-state index in [0.29, 0.717) is 0 Å². The monoisotopic (exact) mass is 368 g/mol. The molecule has 0 radical (unpaired) electrons. The lowest BCUT2D eigenvalue weighted by Crippen LogP contribution is -2.22. The molecule has 0 heterocycles. The number of benzene rings is 3. The molecular formula is C23H19F3O. The third-order valence-electron chi connectivity index (χ3n) is 4.59. The molecule has 3 rings (SSSR count).